The molecule has 2 unspecified atom stereocenters. The number of aromatic nitrogens is 2. The number of nitrogens with one attached hydrogen (secondary N) is 3. The van der Waals surface area contributed by atoms with Crippen molar-refractivity contribution in [2.45, 2.75) is 50.5 Å². The van der Waals surface area contributed by atoms with Crippen molar-refractivity contribution in [1.82, 2.24) is 15.3 Å². The average Bonchev–Trinajstić information content (AvgIpc) is 2.82. The zero-order valence-electron chi connectivity index (χ0n) is 19.6. The number of rotatable bonds is 6. The summed E-state index contributed by atoms with van der Waals surface area (Å²) in [6, 6.07) is 5.07. The van der Waals surface area contributed by atoms with Crippen LogP contribution in [0.1, 0.15) is 32.3 Å². The minimum atomic E-state index is -4.39. The lowest BCUT2D eigenvalue weighted by Gasteiger charge is -2.43. The number of halogens is 4. The Kier molecular flexibility index (Phi) is 7.41. The second kappa shape index (κ2) is 10.3. The van der Waals surface area contributed by atoms with Crippen LogP contribution in [-0.2, 0) is 10.9 Å². The summed E-state index contributed by atoms with van der Waals surface area (Å²) in [7, 11) is 0. The maximum atomic E-state index is 14.2. The lowest BCUT2D eigenvalue weighted by molar-refractivity contribution is -0.137. The van der Waals surface area contributed by atoms with Crippen molar-refractivity contribution in [3.05, 3.63) is 41.8 Å². The fourth-order valence-electron chi connectivity index (χ4n) is 4.30. The molecule has 0 aliphatic carbocycles. The summed E-state index contributed by atoms with van der Waals surface area (Å²) in [5, 5.41) is 10.9. The Morgan fingerprint density at radius 3 is 2.71 bits per heavy atom. The Labute approximate surface area is 201 Å². The lowest BCUT2D eigenvalue weighted by Crippen LogP contribution is -2.60. The Bertz CT molecular complexity index is 1040. The number of hydrogen-bond acceptors (Lipinski definition) is 8. The first-order valence-corrected chi connectivity index (χ1v) is 11.5. The van der Waals surface area contributed by atoms with Gasteiger partial charge in [0, 0.05) is 42.6 Å². The van der Waals surface area contributed by atoms with E-state index in [0.29, 0.717) is 38.4 Å². The number of nitrogens with zero attached hydrogens (tertiary/aromatic N) is 4. The van der Waals surface area contributed by atoms with Gasteiger partial charge in [0.15, 0.2) is 11.6 Å². The molecule has 2 fully saturated rings. The number of anilines is 3. The largest absolute Gasteiger partial charge is 0.416 e. The van der Waals surface area contributed by atoms with E-state index in [2.05, 4.69) is 31.1 Å². The van der Waals surface area contributed by atoms with Crippen LogP contribution in [0.15, 0.2) is 35.6 Å². The molecule has 0 bridgehead atoms. The highest BCUT2D eigenvalue weighted by molar-refractivity contribution is 5.66. The van der Waals surface area contributed by atoms with E-state index in [1.54, 1.807) is 17.2 Å². The van der Waals surface area contributed by atoms with E-state index in [1.807, 2.05) is 13.8 Å². The van der Waals surface area contributed by atoms with Gasteiger partial charge in [-0.05, 0) is 44.9 Å². The van der Waals surface area contributed by atoms with Crippen LogP contribution in [0.4, 0.5) is 35.0 Å². The first-order valence-electron chi connectivity index (χ1n) is 11.5. The highest BCUT2D eigenvalue weighted by Crippen LogP contribution is 2.32. The van der Waals surface area contributed by atoms with E-state index in [9.17, 15) is 17.6 Å². The zero-order chi connectivity index (χ0) is 25.1. The molecule has 4 rings (SSSR count). The van der Waals surface area contributed by atoms with Crippen LogP contribution in [0.5, 0.6) is 0 Å². The van der Waals surface area contributed by atoms with Crippen LogP contribution in [0, 0.1) is 5.82 Å². The highest BCUT2D eigenvalue weighted by atomic mass is 19.4. The third-order valence-electron chi connectivity index (χ3n) is 6.18. The van der Waals surface area contributed by atoms with E-state index in [0.717, 1.165) is 24.8 Å². The number of hydrazone groups is 1. The molecular weight excluding hydrogens is 466 g/mol. The minimum Gasteiger partial charge on any atom is -0.380 e. The molecule has 2 aliphatic rings. The number of benzene rings is 1. The molecule has 0 radical (unpaired) electrons. The number of ether oxygens (including phenoxy) is 1. The Morgan fingerprint density at radius 1 is 1.23 bits per heavy atom. The molecule has 8 nitrogen and oxygen atoms in total. The van der Waals surface area contributed by atoms with Crippen molar-refractivity contribution in [3.63, 3.8) is 0 Å². The molecule has 2 saturated heterocycles. The fourth-order valence-corrected chi connectivity index (χ4v) is 4.30. The predicted octanol–water partition coefficient (Wildman–Crippen LogP) is 3.88. The number of piperidine rings is 1. The molecule has 0 saturated carbocycles. The van der Waals surface area contributed by atoms with Crippen LogP contribution in [-0.4, -0.2) is 60.1 Å². The molecule has 0 amide bonds. The molecule has 3 heterocycles. The first-order chi connectivity index (χ1) is 16.6. The summed E-state index contributed by atoms with van der Waals surface area (Å²) in [4.78, 5) is 9.99. The molecule has 3 N–H and O–H groups in total. The van der Waals surface area contributed by atoms with Crippen molar-refractivity contribution < 1.29 is 22.3 Å². The third kappa shape index (κ3) is 6.37. The number of alkyl halides is 3. The fraction of sp³-hybridized carbons (Fsp3) is 0.522. The molecule has 12 heteroatoms. The van der Waals surface area contributed by atoms with Gasteiger partial charge in [0.2, 0.25) is 5.95 Å². The quantitative estimate of drug-likeness (QED) is 0.319. The standard InChI is InChI=1S/C23H29F4N7O/c1-22(2)19(30-16-5-3-4-15(12-16)23(25,26)27)7-6-17(32-22)13-29-33-21-28-14-18(24)20(31-21)34-8-10-35-11-9-34/h3-5,12-14,17,19,30,32H,6-11H2,1-2H3,(H,28,31,33)/b29-13+. The van der Waals surface area contributed by atoms with Gasteiger partial charge in [-0.25, -0.2) is 14.8 Å². The van der Waals surface area contributed by atoms with Gasteiger partial charge in [-0.3, -0.25) is 0 Å². The van der Waals surface area contributed by atoms with Crippen LogP contribution in [0.25, 0.3) is 0 Å². The van der Waals surface area contributed by atoms with Crippen molar-refractivity contribution >= 4 is 23.7 Å². The Balaban J connectivity index is 1.34. The van der Waals surface area contributed by atoms with Gasteiger partial charge in [-0.2, -0.15) is 23.3 Å². The van der Waals surface area contributed by atoms with E-state index in [4.69, 9.17) is 4.74 Å². The molecule has 0 spiro atoms. The van der Waals surface area contributed by atoms with E-state index < -0.39 is 23.1 Å². The molecule has 1 aromatic carbocycles. The van der Waals surface area contributed by atoms with Gasteiger partial charge in [-0.1, -0.05) is 6.07 Å². The molecule has 2 aliphatic heterocycles. The lowest BCUT2D eigenvalue weighted by atomic mass is 9.84. The molecular formula is C23H29F4N7O. The van der Waals surface area contributed by atoms with Crippen LogP contribution >= 0.6 is 0 Å². The average molecular weight is 496 g/mol. The van der Waals surface area contributed by atoms with Gasteiger partial charge in [0.05, 0.1) is 25.0 Å². The summed E-state index contributed by atoms with van der Waals surface area (Å²) < 4.78 is 58.6. The van der Waals surface area contributed by atoms with Gasteiger partial charge in [-0.15, -0.1) is 0 Å². The summed E-state index contributed by atoms with van der Waals surface area (Å²) >= 11 is 0. The number of hydrogen-bond donors (Lipinski definition) is 3. The second-order valence-electron chi connectivity index (χ2n) is 9.18. The van der Waals surface area contributed by atoms with Crippen molar-refractivity contribution in [2.75, 3.05) is 41.9 Å². The van der Waals surface area contributed by atoms with Crippen LogP contribution in [0.3, 0.4) is 0 Å². The summed E-state index contributed by atoms with van der Waals surface area (Å²) in [5.41, 5.74) is 2.09. The SMILES string of the molecule is CC1(C)NC(/C=N/Nc2ncc(F)c(N3CCOCC3)n2)CCC1Nc1cccc(C(F)(F)F)c1. The van der Waals surface area contributed by atoms with Crippen molar-refractivity contribution in [3.8, 4) is 0 Å². The summed E-state index contributed by atoms with van der Waals surface area (Å²) in [5.74, 6) is -0.110. The van der Waals surface area contributed by atoms with E-state index in [-0.39, 0.29) is 23.8 Å². The van der Waals surface area contributed by atoms with Crippen molar-refractivity contribution in [1.29, 1.82) is 0 Å². The topological polar surface area (TPSA) is 86.7 Å². The maximum Gasteiger partial charge on any atom is 0.416 e. The predicted molar refractivity (Wildman–Crippen MR) is 126 cm³/mol. The van der Waals surface area contributed by atoms with Crippen LogP contribution in [0.2, 0.25) is 0 Å². The van der Waals surface area contributed by atoms with Gasteiger partial charge in [0.1, 0.15) is 0 Å². The van der Waals surface area contributed by atoms with Crippen LogP contribution < -0.4 is 21.0 Å². The minimum absolute atomic E-state index is 0.0729. The molecule has 2 atom stereocenters. The maximum absolute atomic E-state index is 14.2. The molecule has 190 valence electrons. The zero-order valence-corrected chi connectivity index (χ0v) is 19.6. The molecule has 1 aromatic heterocycles. The smallest absolute Gasteiger partial charge is 0.380 e. The monoisotopic (exact) mass is 495 g/mol. The van der Waals surface area contributed by atoms with Gasteiger partial charge < -0.3 is 20.3 Å². The summed E-state index contributed by atoms with van der Waals surface area (Å²) in [6.45, 7) is 6.10. The van der Waals surface area contributed by atoms with Crippen molar-refractivity contribution in [2.24, 2.45) is 5.10 Å². The second-order valence-corrected chi connectivity index (χ2v) is 9.18. The molecule has 2 aromatic rings. The third-order valence-corrected chi connectivity index (χ3v) is 6.18. The first kappa shape index (κ1) is 25.1. The Hall–Kier alpha value is -2.99. The van der Waals surface area contributed by atoms with E-state index >= 15 is 0 Å². The van der Waals surface area contributed by atoms with Gasteiger partial charge >= 0.3 is 6.18 Å². The Morgan fingerprint density at radius 2 is 2.00 bits per heavy atom. The van der Waals surface area contributed by atoms with Gasteiger partial charge in [0.25, 0.3) is 0 Å². The van der Waals surface area contributed by atoms with E-state index in [1.165, 1.54) is 6.07 Å². The summed E-state index contributed by atoms with van der Waals surface area (Å²) in [6.07, 6.45) is -0.134. The highest BCUT2D eigenvalue weighted by Gasteiger charge is 2.36. The normalized spacial score (nSPS) is 22.9. The molecule has 35 heavy (non-hydrogen) atoms. The number of morpholine rings is 1.